The summed E-state index contributed by atoms with van der Waals surface area (Å²) >= 11 is 1.45. The second-order valence-electron chi connectivity index (χ2n) is 5.21. The molecule has 3 rings (SSSR count). The van der Waals surface area contributed by atoms with E-state index in [0.29, 0.717) is 5.56 Å². The first-order chi connectivity index (χ1) is 10.1. The van der Waals surface area contributed by atoms with Crippen molar-refractivity contribution in [2.75, 3.05) is 0 Å². The highest BCUT2D eigenvalue weighted by Crippen LogP contribution is 2.49. The first kappa shape index (κ1) is 14.1. The molecule has 108 valence electrons. The summed E-state index contributed by atoms with van der Waals surface area (Å²) in [4.78, 5) is 12.0. The predicted molar refractivity (Wildman–Crippen MR) is 82.0 cm³/mol. The maximum atomic E-state index is 11.5. The molecule has 2 aromatic rings. The molecule has 5 heteroatoms. The zero-order valence-corrected chi connectivity index (χ0v) is 12.3. The third-order valence-electron chi connectivity index (χ3n) is 3.77. The molecular weight excluding hydrogens is 286 g/mol. The van der Waals surface area contributed by atoms with Gasteiger partial charge in [-0.1, -0.05) is 48.0 Å². The van der Waals surface area contributed by atoms with E-state index in [1.807, 2.05) is 43.3 Å². The molecule has 0 aliphatic carbocycles. The van der Waals surface area contributed by atoms with Crippen LogP contribution < -0.4 is 0 Å². The number of nitrogens with zero attached hydrogens (tertiary/aromatic N) is 1. The molecule has 0 aromatic heterocycles. The van der Waals surface area contributed by atoms with Crippen LogP contribution in [-0.2, 0) is 0 Å². The molecule has 3 atom stereocenters. The number of benzene rings is 2. The number of aryl methyl sites for hydroxylation is 1. The Morgan fingerprint density at radius 1 is 1.14 bits per heavy atom. The molecule has 0 fully saturated rings. The zero-order chi connectivity index (χ0) is 15.0. The molecule has 4 nitrogen and oxygen atoms in total. The van der Waals surface area contributed by atoms with Crippen LogP contribution in [0.2, 0.25) is 0 Å². The maximum Gasteiger partial charge on any atom is 0.258 e. The van der Waals surface area contributed by atoms with Crippen LogP contribution in [-0.4, -0.2) is 16.1 Å². The lowest BCUT2D eigenvalue weighted by atomic mass is 9.95. The van der Waals surface area contributed by atoms with E-state index in [1.165, 1.54) is 11.8 Å². The lowest BCUT2D eigenvalue weighted by molar-refractivity contribution is -0.536. The summed E-state index contributed by atoms with van der Waals surface area (Å²) in [6, 6.07) is 14.0. The summed E-state index contributed by atoms with van der Waals surface area (Å²) in [7, 11) is 0. The number of nitro groups is 1. The normalized spacial score (nSPS) is 24.4. The minimum Gasteiger partial charge on any atom is -0.381 e. The van der Waals surface area contributed by atoms with E-state index in [4.69, 9.17) is 0 Å². The van der Waals surface area contributed by atoms with Crippen LogP contribution in [0.3, 0.4) is 0 Å². The standard InChI is InChI=1S/C16H15NO3S/c1-10-6-8-11(9-7-10)16-14(17(19)20)15(18)12-4-2-3-5-13(12)21-16/h2-9,14-16,18H,1H3/t14-,15+,16+/m0/s1. The molecule has 0 radical (unpaired) electrons. The van der Waals surface area contributed by atoms with Gasteiger partial charge in [-0.2, -0.15) is 0 Å². The Kier molecular flexibility index (Phi) is 3.69. The van der Waals surface area contributed by atoms with Crippen molar-refractivity contribution < 1.29 is 10.0 Å². The van der Waals surface area contributed by atoms with Gasteiger partial charge in [0.1, 0.15) is 11.4 Å². The minimum absolute atomic E-state index is 0.363. The van der Waals surface area contributed by atoms with Crippen LogP contribution >= 0.6 is 11.8 Å². The molecule has 1 heterocycles. The first-order valence-corrected chi connectivity index (χ1v) is 7.59. The van der Waals surface area contributed by atoms with E-state index in [-0.39, 0.29) is 10.2 Å². The second kappa shape index (κ2) is 5.50. The third-order valence-corrected chi connectivity index (χ3v) is 5.21. The van der Waals surface area contributed by atoms with Crippen LogP contribution in [0.4, 0.5) is 0 Å². The van der Waals surface area contributed by atoms with Gasteiger partial charge >= 0.3 is 0 Å². The van der Waals surface area contributed by atoms with Gasteiger partial charge in [0, 0.05) is 15.4 Å². The lowest BCUT2D eigenvalue weighted by Gasteiger charge is -2.31. The van der Waals surface area contributed by atoms with E-state index in [1.54, 1.807) is 12.1 Å². The molecule has 21 heavy (non-hydrogen) atoms. The smallest absolute Gasteiger partial charge is 0.258 e. The molecule has 1 aliphatic rings. The first-order valence-electron chi connectivity index (χ1n) is 6.71. The van der Waals surface area contributed by atoms with Gasteiger partial charge in [0.2, 0.25) is 0 Å². The average molecular weight is 301 g/mol. The highest BCUT2D eigenvalue weighted by atomic mass is 32.2. The number of thioether (sulfide) groups is 1. The molecule has 0 saturated carbocycles. The Morgan fingerprint density at radius 3 is 2.48 bits per heavy atom. The summed E-state index contributed by atoms with van der Waals surface area (Å²) in [5.41, 5.74) is 2.63. The average Bonchev–Trinajstić information content (AvgIpc) is 2.47. The second-order valence-corrected chi connectivity index (χ2v) is 6.39. The van der Waals surface area contributed by atoms with Crippen molar-refractivity contribution in [1.82, 2.24) is 0 Å². The number of rotatable bonds is 2. The fourth-order valence-electron chi connectivity index (χ4n) is 2.64. The summed E-state index contributed by atoms with van der Waals surface area (Å²) in [6.45, 7) is 1.98. The Bertz CT molecular complexity index is 671. The molecule has 2 aromatic carbocycles. The molecule has 0 unspecified atom stereocenters. The molecule has 0 spiro atoms. The molecule has 0 bridgehead atoms. The number of fused-ring (bicyclic) bond motifs is 1. The van der Waals surface area contributed by atoms with E-state index in [0.717, 1.165) is 16.0 Å². The summed E-state index contributed by atoms with van der Waals surface area (Å²) < 4.78 is 0. The topological polar surface area (TPSA) is 63.4 Å². The Labute approximate surface area is 127 Å². The summed E-state index contributed by atoms with van der Waals surface area (Å²) in [5, 5.41) is 21.5. The van der Waals surface area contributed by atoms with Crippen LogP contribution in [0.5, 0.6) is 0 Å². The number of hydrogen-bond acceptors (Lipinski definition) is 4. The van der Waals surface area contributed by atoms with E-state index >= 15 is 0 Å². The lowest BCUT2D eigenvalue weighted by Crippen LogP contribution is -2.35. The zero-order valence-electron chi connectivity index (χ0n) is 11.5. The maximum absolute atomic E-state index is 11.5. The van der Waals surface area contributed by atoms with Gasteiger partial charge in [-0.15, -0.1) is 11.8 Å². The molecule has 1 aliphatic heterocycles. The van der Waals surface area contributed by atoms with E-state index in [9.17, 15) is 15.2 Å². The van der Waals surface area contributed by atoms with Crippen molar-refractivity contribution in [3.8, 4) is 0 Å². The van der Waals surface area contributed by atoms with Gasteiger partial charge in [0.25, 0.3) is 6.04 Å². The van der Waals surface area contributed by atoms with Crippen molar-refractivity contribution in [3.05, 3.63) is 75.3 Å². The molecule has 0 saturated heterocycles. The van der Waals surface area contributed by atoms with E-state index in [2.05, 4.69) is 0 Å². The van der Waals surface area contributed by atoms with Crippen LogP contribution in [0, 0.1) is 17.0 Å². The molecule has 0 amide bonds. The van der Waals surface area contributed by atoms with Crippen molar-refractivity contribution in [2.24, 2.45) is 0 Å². The third kappa shape index (κ3) is 2.54. The van der Waals surface area contributed by atoms with Crippen LogP contribution in [0.25, 0.3) is 0 Å². The largest absolute Gasteiger partial charge is 0.381 e. The van der Waals surface area contributed by atoms with Crippen molar-refractivity contribution in [2.45, 2.75) is 29.2 Å². The number of hydrogen-bond donors (Lipinski definition) is 1. The van der Waals surface area contributed by atoms with Gasteiger partial charge in [-0.05, 0) is 18.6 Å². The number of aliphatic hydroxyl groups excluding tert-OH is 1. The van der Waals surface area contributed by atoms with Crippen molar-refractivity contribution in [1.29, 1.82) is 0 Å². The minimum atomic E-state index is -1.08. The van der Waals surface area contributed by atoms with Crippen LogP contribution in [0.15, 0.2) is 53.4 Å². The fourth-order valence-corrected chi connectivity index (χ4v) is 4.07. The summed E-state index contributed by atoms with van der Waals surface area (Å²) in [6.07, 6.45) is -1.08. The van der Waals surface area contributed by atoms with E-state index < -0.39 is 12.1 Å². The predicted octanol–water partition coefficient (Wildman–Crippen LogP) is 3.52. The SMILES string of the molecule is Cc1ccc([C@H]2Sc3ccccc3[C@@H](O)[C@@H]2[N+](=O)[O-])cc1. The number of aliphatic hydroxyl groups is 1. The monoisotopic (exact) mass is 301 g/mol. The Balaban J connectivity index is 2.06. The van der Waals surface area contributed by atoms with Gasteiger partial charge in [0.05, 0.1) is 0 Å². The van der Waals surface area contributed by atoms with Gasteiger partial charge in [-0.25, -0.2) is 0 Å². The van der Waals surface area contributed by atoms with Gasteiger partial charge in [-0.3, -0.25) is 10.1 Å². The highest BCUT2D eigenvalue weighted by Gasteiger charge is 2.45. The quantitative estimate of drug-likeness (QED) is 0.681. The summed E-state index contributed by atoms with van der Waals surface area (Å²) in [5.74, 6) is 0. The van der Waals surface area contributed by atoms with Crippen LogP contribution in [0.1, 0.15) is 28.0 Å². The fraction of sp³-hybridized carbons (Fsp3) is 0.250. The Morgan fingerprint density at radius 2 is 1.81 bits per heavy atom. The molecule has 1 N–H and O–H groups in total. The molecular formula is C16H15NO3S. The van der Waals surface area contributed by atoms with Gasteiger partial charge < -0.3 is 5.11 Å². The Hall–Kier alpha value is -1.85. The van der Waals surface area contributed by atoms with Crippen molar-refractivity contribution >= 4 is 11.8 Å². The highest BCUT2D eigenvalue weighted by molar-refractivity contribution is 7.99. The van der Waals surface area contributed by atoms with Gasteiger partial charge in [0.15, 0.2) is 0 Å². The van der Waals surface area contributed by atoms with Crippen molar-refractivity contribution in [3.63, 3.8) is 0 Å².